The highest BCUT2D eigenvalue weighted by atomic mass is 16.5. The summed E-state index contributed by atoms with van der Waals surface area (Å²) in [7, 11) is 0. The number of para-hydroxylation sites is 3. The fourth-order valence-electron chi connectivity index (χ4n) is 4.38. The van der Waals surface area contributed by atoms with Gasteiger partial charge in [-0.05, 0) is 42.5 Å². The molecule has 0 bridgehead atoms. The van der Waals surface area contributed by atoms with Crippen molar-refractivity contribution in [3.63, 3.8) is 0 Å². The van der Waals surface area contributed by atoms with Gasteiger partial charge in [0.1, 0.15) is 17.9 Å². The Hall–Kier alpha value is -4.34. The van der Waals surface area contributed by atoms with Crippen molar-refractivity contribution >= 4 is 34.2 Å². The van der Waals surface area contributed by atoms with Crippen molar-refractivity contribution in [2.45, 2.75) is 12.5 Å². The summed E-state index contributed by atoms with van der Waals surface area (Å²) in [5.74, 6) is 0.324. The van der Waals surface area contributed by atoms with Crippen LogP contribution in [0.15, 0.2) is 77.2 Å². The number of rotatable bonds is 9. The predicted molar refractivity (Wildman–Crippen MR) is 146 cm³/mol. The number of benzene rings is 3. The van der Waals surface area contributed by atoms with Crippen molar-refractivity contribution in [1.29, 1.82) is 0 Å². The van der Waals surface area contributed by atoms with Crippen LogP contribution in [0.5, 0.6) is 5.75 Å². The molecule has 1 unspecified atom stereocenters. The zero-order valence-corrected chi connectivity index (χ0v) is 20.9. The number of nitrogens with two attached hydrogens (primary N) is 1. The summed E-state index contributed by atoms with van der Waals surface area (Å²) in [5, 5.41) is 9.92. The van der Waals surface area contributed by atoms with Crippen LogP contribution in [0.4, 0.5) is 11.4 Å². The molecule has 5 N–H and O–H groups in total. The molecule has 9 heteroatoms. The molecule has 0 saturated carbocycles. The van der Waals surface area contributed by atoms with Crippen LogP contribution < -0.4 is 26.4 Å². The summed E-state index contributed by atoms with van der Waals surface area (Å²) in [6.45, 7) is 2.74. The molecule has 1 aromatic heterocycles. The van der Waals surface area contributed by atoms with Gasteiger partial charge >= 0.3 is 0 Å². The van der Waals surface area contributed by atoms with Gasteiger partial charge in [0.05, 0.1) is 30.6 Å². The van der Waals surface area contributed by atoms with E-state index < -0.39 is 0 Å². The summed E-state index contributed by atoms with van der Waals surface area (Å²) in [5.41, 5.74) is 8.94. The second kappa shape index (κ2) is 11.8. The van der Waals surface area contributed by atoms with Crippen molar-refractivity contribution in [3.05, 3.63) is 89.7 Å². The summed E-state index contributed by atoms with van der Waals surface area (Å²) >= 11 is 0. The predicted octanol–water partition coefficient (Wildman–Crippen LogP) is 3.61. The normalized spacial score (nSPS) is 15.2. The summed E-state index contributed by atoms with van der Waals surface area (Å²) in [6.07, 6.45) is 0.565. The van der Waals surface area contributed by atoms with Gasteiger partial charge in [0, 0.05) is 36.0 Å². The van der Waals surface area contributed by atoms with E-state index >= 15 is 0 Å². The molecule has 1 atom stereocenters. The molecule has 4 aromatic rings. The molecule has 3 aromatic carbocycles. The number of fused-ring (bicyclic) bond motifs is 1. The van der Waals surface area contributed by atoms with Gasteiger partial charge in [-0.25, -0.2) is 0 Å². The third-order valence-electron chi connectivity index (χ3n) is 6.32. The minimum Gasteiger partial charge on any atom is -0.492 e. The van der Waals surface area contributed by atoms with Crippen molar-refractivity contribution < 1.29 is 23.5 Å². The maximum Gasteiger partial charge on any atom is 0.287 e. The van der Waals surface area contributed by atoms with Gasteiger partial charge in [0.15, 0.2) is 5.76 Å². The van der Waals surface area contributed by atoms with Gasteiger partial charge in [-0.15, -0.1) is 0 Å². The monoisotopic (exact) mass is 514 g/mol. The molecule has 0 radical (unpaired) electrons. The number of nitrogen functional groups attached to an aromatic ring is 1. The van der Waals surface area contributed by atoms with E-state index in [0.717, 1.165) is 24.0 Å². The number of hydrogen-bond acceptors (Lipinski definition) is 7. The lowest BCUT2D eigenvalue weighted by molar-refractivity contribution is 0.0291. The van der Waals surface area contributed by atoms with Gasteiger partial charge in [0.2, 0.25) is 0 Å². The maximum atomic E-state index is 13.0. The molecule has 1 saturated heterocycles. The fraction of sp³-hybridized carbons (Fsp3) is 0.241. The van der Waals surface area contributed by atoms with E-state index in [1.54, 1.807) is 48.5 Å². The zero-order chi connectivity index (χ0) is 26.3. The van der Waals surface area contributed by atoms with Crippen LogP contribution in [0.2, 0.25) is 0 Å². The molecule has 1 fully saturated rings. The van der Waals surface area contributed by atoms with Crippen LogP contribution >= 0.6 is 0 Å². The van der Waals surface area contributed by atoms with Crippen molar-refractivity contribution in [2.75, 3.05) is 43.9 Å². The van der Waals surface area contributed by atoms with E-state index in [4.69, 9.17) is 19.6 Å². The Kier molecular flexibility index (Phi) is 7.86. The Morgan fingerprint density at radius 2 is 1.79 bits per heavy atom. The minimum atomic E-state index is -0.296. The Balaban J connectivity index is 1.15. The first-order chi connectivity index (χ1) is 18.6. The summed E-state index contributed by atoms with van der Waals surface area (Å²) in [6, 6.07) is 21.5. The van der Waals surface area contributed by atoms with E-state index in [9.17, 15) is 9.59 Å². The number of amides is 2. The SMILES string of the molecule is Nc1ccccc1NC(=O)c1ccc(OCCNC(=O)c2oc3ccccc3c2CC2CNCCO2)cc1. The van der Waals surface area contributed by atoms with Crippen LogP contribution in [-0.2, 0) is 11.2 Å². The van der Waals surface area contributed by atoms with Crippen molar-refractivity contribution in [2.24, 2.45) is 0 Å². The Morgan fingerprint density at radius 3 is 2.58 bits per heavy atom. The minimum absolute atomic E-state index is 0.0188. The first-order valence-electron chi connectivity index (χ1n) is 12.6. The van der Waals surface area contributed by atoms with Crippen LogP contribution in [0, 0.1) is 0 Å². The Bertz CT molecular complexity index is 1410. The lowest BCUT2D eigenvalue weighted by Crippen LogP contribution is -2.40. The number of ether oxygens (including phenoxy) is 2. The lowest BCUT2D eigenvalue weighted by atomic mass is 10.0. The maximum absolute atomic E-state index is 13.0. The third kappa shape index (κ3) is 5.96. The molecule has 38 heavy (non-hydrogen) atoms. The highest BCUT2D eigenvalue weighted by molar-refractivity contribution is 6.05. The second-order valence-corrected chi connectivity index (χ2v) is 8.98. The molecule has 2 amide bonds. The zero-order valence-electron chi connectivity index (χ0n) is 20.9. The highest BCUT2D eigenvalue weighted by Gasteiger charge is 2.24. The van der Waals surface area contributed by atoms with E-state index in [2.05, 4.69) is 16.0 Å². The number of morpholine rings is 1. The van der Waals surface area contributed by atoms with Crippen LogP contribution in [0.3, 0.4) is 0 Å². The van der Waals surface area contributed by atoms with Crippen molar-refractivity contribution in [1.82, 2.24) is 10.6 Å². The molecule has 5 rings (SSSR count). The van der Waals surface area contributed by atoms with Crippen LogP contribution in [-0.4, -0.2) is 50.8 Å². The molecule has 0 aliphatic carbocycles. The van der Waals surface area contributed by atoms with Gasteiger partial charge < -0.3 is 35.6 Å². The number of hydrogen-bond donors (Lipinski definition) is 4. The highest BCUT2D eigenvalue weighted by Crippen LogP contribution is 2.28. The molecule has 2 heterocycles. The molecule has 1 aliphatic rings. The smallest absolute Gasteiger partial charge is 0.287 e. The molecular weight excluding hydrogens is 484 g/mol. The quantitative estimate of drug-likeness (QED) is 0.198. The van der Waals surface area contributed by atoms with E-state index in [-0.39, 0.29) is 31.1 Å². The topological polar surface area (TPSA) is 128 Å². The first-order valence-corrected chi connectivity index (χ1v) is 12.6. The van der Waals surface area contributed by atoms with Gasteiger partial charge in [-0.1, -0.05) is 30.3 Å². The van der Waals surface area contributed by atoms with E-state index in [1.165, 1.54) is 0 Å². The fourth-order valence-corrected chi connectivity index (χ4v) is 4.38. The molecule has 9 nitrogen and oxygen atoms in total. The molecule has 1 aliphatic heterocycles. The lowest BCUT2D eigenvalue weighted by Gasteiger charge is -2.23. The standard InChI is InChI=1S/C29H30N4O5/c30-24-6-2-3-7-25(24)33-28(34)19-9-11-20(12-10-19)36-16-14-32-29(35)27-23(17-21-18-31-13-15-37-21)22-5-1-4-8-26(22)38-27/h1-12,21,31H,13-18,30H2,(H,32,35)(H,33,34). The average molecular weight is 515 g/mol. The number of carbonyl (C=O) groups excluding carboxylic acids is 2. The molecular formula is C29H30N4O5. The molecule has 196 valence electrons. The summed E-state index contributed by atoms with van der Waals surface area (Å²) in [4.78, 5) is 25.5. The number of anilines is 2. The average Bonchev–Trinajstić information content (AvgIpc) is 3.31. The van der Waals surface area contributed by atoms with Crippen LogP contribution in [0.25, 0.3) is 11.0 Å². The Morgan fingerprint density at radius 1 is 1.00 bits per heavy atom. The third-order valence-corrected chi connectivity index (χ3v) is 6.32. The Labute approximate surface area is 220 Å². The summed E-state index contributed by atoms with van der Waals surface area (Å²) < 4.78 is 17.5. The van der Waals surface area contributed by atoms with Gasteiger partial charge in [-0.3, -0.25) is 9.59 Å². The first kappa shape index (κ1) is 25.3. The van der Waals surface area contributed by atoms with Gasteiger partial charge in [0.25, 0.3) is 11.8 Å². The van der Waals surface area contributed by atoms with Crippen molar-refractivity contribution in [3.8, 4) is 5.75 Å². The number of carbonyl (C=O) groups is 2. The van der Waals surface area contributed by atoms with E-state index in [1.807, 2.05) is 24.3 Å². The van der Waals surface area contributed by atoms with Gasteiger partial charge in [-0.2, -0.15) is 0 Å². The van der Waals surface area contributed by atoms with E-state index in [0.29, 0.717) is 47.1 Å². The number of furan rings is 1. The van der Waals surface area contributed by atoms with Crippen LogP contribution in [0.1, 0.15) is 26.5 Å². The second-order valence-electron chi connectivity index (χ2n) is 8.98. The molecule has 0 spiro atoms. The number of nitrogens with one attached hydrogen (secondary N) is 3. The largest absolute Gasteiger partial charge is 0.492 e.